The number of likely N-dealkylation sites (tertiary alicyclic amines) is 1. The molecule has 1 aromatic rings. The standard InChI is InChI=1S/C23H33BN4O4S/c1-14(2)11-19(24)27-22(33)17(12-15-7-4-3-5-8-15)26-21(31)18-9-6-10-28(18)23(32)16(25)13-20(29)30/h3-5,7-8,14,16-19H,6,9-13,25H2,1-2H3,(H,26,31)(H,27,33)(H,29,30)/t16-,17-,18-,19-/m0/s1. The second kappa shape index (κ2) is 12.7. The van der Waals surface area contributed by atoms with Crippen LogP contribution in [0.1, 0.15) is 45.1 Å². The van der Waals surface area contributed by atoms with E-state index in [-0.39, 0.29) is 11.8 Å². The van der Waals surface area contributed by atoms with Gasteiger partial charge in [-0.1, -0.05) is 56.4 Å². The number of hydrogen-bond acceptors (Lipinski definition) is 5. The molecule has 8 nitrogen and oxygen atoms in total. The molecule has 0 aliphatic carbocycles. The van der Waals surface area contributed by atoms with Crippen molar-refractivity contribution in [3.8, 4) is 0 Å². The van der Waals surface area contributed by atoms with Gasteiger partial charge in [-0.25, -0.2) is 0 Å². The molecule has 0 spiro atoms. The van der Waals surface area contributed by atoms with Crippen LogP contribution in [0.3, 0.4) is 0 Å². The molecule has 0 saturated carbocycles. The van der Waals surface area contributed by atoms with Crippen molar-refractivity contribution in [3.63, 3.8) is 0 Å². The molecule has 2 rings (SSSR count). The first-order valence-corrected chi connectivity index (χ1v) is 11.7. The fraction of sp³-hybridized carbons (Fsp3) is 0.565. The summed E-state index contributed by atoms with van der Waals surface area (Å²) in [6, 6.07) is 7.22. The van der Waals surface area contributed by atoms with Gasteiger partial charge in [0.05, 0.1) is 31.3 Å². The molecule has 1 fully saturated rings. The summed E-state index contributed by atoms with van der Waals surface area (Å²) in [5.74, 6) is -2.00. The van der Waals surface area contributed by atoms with Gasteiger partial charge in [-0.3, -0.25) is 14.4 Å². The molecular weight excluding hydrogens is 439 g/mol. The smallest absolute Gasteiger partial charge is 0.305 e. The van der Waals surface area contributed by atoms with Gasteiger partial charge in [0.1, 0.15) is 6.04 Å². The fourth-order valence-electron chi connectivity index (χ4n) is 3.97. The molecule has 0 bridgehead atoms. The number of carbonyl (C=O) groups is 3. The van der Waals surface area contributed by atoms with E-state index in [2.05, 4.69) is 24.5 Å². The minimum absolute atomic E-state index is 0.341. The van der Waals surface area contributed by atoms with Crippen molar-refractivity contribution in [1.29, 1.82) is 0 Å². The maximum atomic E-state index is 13.2. The van der Waals surface area contributed by atoms with Gasteiger partial charge in [0.15, 0.2) is 0 Å². The van der Waals surface area contributed by atoms with E-state index in [0.717, 1.165) is 12.0 Å². The summed E-state index contributed by atoms with van der Waals surface area (Å²) in [6.07, 6.45) is 1.81. The molecule has 1 aliphatic rings. The maximum absolute atomic E-state index is 13.2. The van der Waals surface area contributed by atoms with Crippen molar-refractivity contribution in [2.24, 2.45) is 11.7 Å². The van der Waals surface area contributed by atoms with Crippen LogP contribution in [0.15, 0.2) is 30.3 Å². The normalized spacial score (nSPS) is 18.4. The molecule has 5 N–H and O–H groups in total. The van der Waals surface area contributed by atoms with Crippen molar-refractivity contribution in [2.75, 3.05) is 6.54 Å². The summed E-state index contributed by atoms with van der Waals surface area (Å²) in [5, 5.41) is 15.0. The number of nitrogens with two attached hydrogens (primary N) is 1. The molecule has 1 heterocycles. The minimum atomic E-state index is -1.19. The Hall–Kier alpha value is -2.46. The molecule has 178 valence electrons. The van der Waals surface area contributed by atoms with Gasteiger partial charge >= 0.3 is 5.97 Å². The van der Waals surface area contributed by atoms with Crippen molar-refractivity contribution in [1.82, 2.24) is 15.5 Å². The van der Waals surface area contributed by atoms with E-state index in [4.69, 9.17) is 30.9 Å². The molecule has 2 amide bonds. The number of nitrogens with one attached hydrogen (secondary N) is 2. The summed E-state index contributed by atoms with van der Waals surface area (Å²) >= 11 is 5.60. The van der Waals surface area contributed by atoms with Crippen LogP contribution in [0, 0.1) is 5.92 Å². The fourth-order valence-corrected chi connectivity index (χ4v) is 4.26. The maximum Gasteiger partial charge on any atom is 0.305 e. The Labute approximate surface area is 202 Å². The Bertz CT molecular complexity index is 839. The number of aliphatic carboxylic acids is 1. The van der Waals surface area contributed by atoms with E-state index in [1.54, 1.807) is 0 Å². The van der Waals surface area contributed by atoms with E-state index < -0.39 is 36.4 Å². The van der Waals surface area contributed by atoms with Gasteiger partial charge in [0.2, 0.25) is 11.8 Å². The number of benzene rings is 1. The average molecular weight is 472 g/mol. The molecule has 0 aromatic heterocycles. The SMILES string of the molecule is [B][C@H](CC(C)C)NC(=S)[C@H](Cc1ccccc1)NC(=O)[C@@H]1CCCN1C(=O)[C@@H](N)CC(=O)O. The number of amides is 2. The molecule has 33 heavy (non-hydrogen) atoms. The second-order valence-corrected chi connectivity index (χ2v) is 9.33. The first-order valence-electron chi connectivity index (χ1n) is 11.3. The third-order valence-electron chi connectivity index (χ3n) is 5.52. The van der Waals surface area contributed by atoms with Gasteiger partial charge in [-0.2, -0.15) is 0 Å². The summed E-state index contributed by atoms with van der Waals surface area (Å²) in [7, 11) is 6.17. The molecule has 1 saturated heterocycles. The Balaban J connectivity index is 2.13. The van der Waals surface area contributed by atoms with Crippen molar-refractivity contribution in [3.05, 3.63) is 35.9 Å². The van der Waals surface area contributed by atoms with Gasteiger partial charge in [-0.05, 0) is 43.1 Å². The van der Waals surface area contributed by atoms with Crippen LogP contribution in [-0.2, 0) is 20.8 Å². The second-order valence-electron chi connectivity index (χ2n) is 8.89. The van der Waals surface area contributed by atoms with Crippen molar-refractivity contribution < 1.29 is 19.5 Å². The van der Waals surface area contributed by atoms with Gasteiger partial charge in [0.25, 0.3) is 0 Å². The number of carboxylic acid groups (broad SMARTS) is 1. The summed E-state index contributed by atoms with van der Waals surface area (Å²) in [5.41, 5.74) is 6.75. The van der Waals surface area contributed by atoms with Gasteiger partial charge in [-0.15, -0.1) is 0 Å². The Morgan fingerprint density at radius 1 is 1.24 bits per heavy atom. The van der Waals surface area contributed by atoms with E-state index >= 15 is 0 Å². The highest BCUT2D eigenvalue weighted by molar-refractivity contribution is 7.80. The van der Waals surface area contributed by atoms with Gasteiger partial charge in [0, 0.05) is 6.54 Å². The minimum Gasteiger partial charge on any atom is -0.481 e. The first kappa shape index (κ1) is 26.8. The van der Waals surface area contributed by atoms with Crippen LogP contribution in [0.4, 0.5) is 0 Å². The molecular formula is C23H33BN4O4S. The average Bonchev–Trinajstić information content (AvgIpc) is 3.22. The highest BCUT2D eigenvalue weighted by Crippen LogP contribution is 2.19. The van der Waals surface area contributed by atoms with Crippen LogP contribution < -0.4 is 16.4 Å². The van der Waals surface area contributed by atoms with Crippen LogP contribution in [0.2, 0.25) is 0 Å². The number of hydrogen-bond donors (Lipinski definition) is 4. The van der Waals surface area contributed by atoms with E-state index in [1.165, 1.54) is 4.90 Å². The monoisotopic (exact) mass is 472 g/mol. The van der Waals surface area contributed by atoms with Crippen molar-refractivity contribution in [2.45, 2.75) is 70.0 Å². The number of nitrogens with zero attached hydrogens (tertiary/aromatic N) is 1. The summed E-state index contributed by atoms with van der Waals surface area (Å²) in [4.78, 5) is 38.6. The Morgan fingerprint density at radius 2 is 1.91 bits per heavy atom. The highest BCUT2D eigenvalue weighted by Gasteiger charge is 2.37. The number of rotatable bonds is 11. The van der Waals surface area contributed by atoms with E-state index in [1.807, 2.05) is 30.3 Å². The molecule has 10 heteroatoms. The predicted molar refractivity (Wildman–Crippen MR) is 132 cm³/mol. The molecule has 4 atom stereocenters. The molecule has 1 aromatic carbocycles. The Kier molecular flexibility index (Phi) is 10.3. The first-order chi connectivity index (χ1) is 15.6. The zero-order valence-corrected chi connectivity index (χ0v) is 20.0. The third-order valence-corrected chi connectivity index (χ3v) is 5.92. The predicted octanol–water partition coefficient (Wildman–Crippen LogP) is 0.965. The van der Waals surface area contributed by atoms with E-state index in [9.17, 15) is 14.4 Å². The Morgan fingerprint density at radius 3 is 2.52 bits per heavy atom. The zero-order valence-electron chi connectivity index (χ0n) is 19.2. The van der Waals surface area contributed by atoms with Crippen LogP contribution in [-0.4, -0.2) is 71.2 Å². The largest absolute Gasteiger partial charge is 0.481 e. The number of carboxylic acids is 1. The third kappa shape index (κ3) is 8.44. The lowest BCUT2D eigenvalue weighted by molar-refractivity contribution is -0.143. The van der Waals surface area contributed by atoms with Crippen LogP contribution >= 0.6 is 12.2 Å². The van der Waals surface area contributed by atoms with E-state index in [0.29, 0.717) is 36.7 Å². The zero-order chi connectivity index (χ0) is 24.5. The lowest BCUT2D eigenvalue weighted by Gasteiger charge is -2.29. The topological polar surface area (TPSA) is 125 Å². The van der Waals surface area contributed by atoms with Gasteiger partial charge < -0.3 is 26.4 Å². The quantitative estimate of drug-likeness (QED) is 0.279. The summed E-state index contributed by atoms with van der Waals surface area (Å²) < 4.78 is 0. The van der Waals surface area contributed by atoms with Crippen LogP contribution in [0.25, 0.3) is 0 Å². The van der Waals surface area contributed by atoms with Crippen LogP contribution in [0.5, 0.6) is 0 Å². The lowest BCUT2D eigenvalue weighted by atomic mass is 9.88. The summed E-state index contributed by atoms with van der Waals surface area (Å²) in [6.45, 7) is 4.48. The van der Waals surface area contributed by atoms with Crippen molar-refractivity contribution >= 4 is 42.8 Å². The lowest BCUT2D eigenvalue weighted by Crippen LogP contribution is -2.56. The highest BCUT2D eigenvalue weighted by atomic mass is 32.1. The number of carbonyl (C=O) groups excluding carboxylic acids is 2. The molecule has 2 radical (unpaired) electrons. The number of thiocarbonyl (C=S) groups is 1. The molecule has 0 unspecified atom stereocenters. The molecule has 1 aliphatic heterocycles.